The first-order chi connectivity index (χ1) is 5.46. The monoisotopic (exact) mass is 290 g/mol. The van der Waals surface area contributed by atoms with Crippen LogP contribution in [0.15, 0.2) is 0 Å². The molecule has 0 aliphatic rings. The molecule has 0 nitrogen and oxygen atoms in total. The van der Waals surface area contributed by atoms with E-state index in [0.717, 1.165) is 0 Å². The van der Waals surface area contributed by atoms with Crippen molar-refractivity contribution in [1.82, 2.24) is 0 Å². The van der Waals surface area contributed by atoms with Gasteiger partial charge in [-0.3, -0.25) is 0 Å². The molecule has 0 aliphatic heterocycles. The first-order valence-corrected chi connectivity index (χ1v) is 4.38. The Morgan fingerprint density at radius 2 is 0.833 bits per heavy atom. The van der Waals surface area contributed by atoms with Crippen molar-refractivity contribution in [1.29, 1.82) is 0 Å². The Bertz CT molecular complexity index is 230. The van der Waals surface area contributed by atoms with Gasteiger partial charge in [-0.05, 0) is 0 Å². The van der Waals surface area contributed by atoms with E-state index in [9.17, 15) is 22.0 Å². The Balaban J connectivity index is 3.60. The van der Waals surface area contributed by atoms with Crippen LogP contribution >= 0.6 is 0 Å². The quantitative estimate of drug-likeness (QED) is 0.285. The predicted molar refractivity (Wildman–Crippen MR) is 34.4 cm³/mol. The summed E-state index contributed by atoms with van der Waals surface area (Å²) in [6, 6.07) is 0. The van der Waals surface area contributed by atoms with E-state index in [1.165, 1.54) is 0 Å². The van der Waals surface area contributed by atoms with Crippen molar-refractivity contribution in [2.24, 2.45) is 0 Å². The summed E-state index contributed by atoms with van der Waals surface area (Å²) in [7, 11) is 0. The Hall–Kier alpha value is -0.312. The van der Waals surface area contributed by atoms with Crippen LogP contribution in [-0.4, -0.2) is 23.0 Å². The van der Waals surface area contributed by atoms with Crippen LogP contribution in [0.1, 0.15) is 0 Å². The van der Waals surface area contributed by atoms with Crippen LogP contribution in [0.2, 0.25) is 0 Å². The number of benzene rings is 1. The van der Waals surface area contributed by atoms with Crippen LogP contribution in [0.3, 0.4) is 0 Å². The molecule has 0 radical (unpaired) electrons. The van der Waals surface area contributed by atoms with Gasteiger partial charge in [-0.15, -0.1) is 0 Å². The Labute approximate surface area is 77.9 Å². The van der Waals surface area contributed by atoms with Gasteiger partial charge in [-0.2, -0.15) is 0 Å². The zero-order valence-corrected chi connectivity index (χ0v) is 8.76. The zero-order valence-electron chi connectivity index (χ0n) is 5.47. The number of hydrogen-bond acceptors (Lipinski definition) is 0. The fourth-order valence-corrected chi connectivity index (χ4v) is 1.35. The molecule has 0 saturated carbocycles. The van der Waals surface area contributed by atoms with E-state index >= 15 is 0 Å². The van der Waals surface area contributed by atoms with Crippen LogP contribution in [0.5, 0.6) is 0 Å². The van der Waals surface area contributed by atoms with Gasteiger partial charge in [-0.25, -0.2) is 0 Å². The maximum absolute atomic E-state index is 12.4. The summed E-state index contributed by atoms with van der Waals surface area (Å²) >= 11 is -0.157. The average molecular weight is 291 g/mol. The summed E-state index contributed by atoms with van der Waals surface area (Å²) in [5.41, 5.74) is 0. The molecule has 1 rings (SSSR count). The molecule has 0 atom stereocenters. The number of rotatable bonds is 0. The molecule has 0 bridgehead atoms. The van der Waals surface area contributed by atoms with Crippen molar-refractivity contribution in [3.05, 3.63) is 29.1 Å². The van der Waals surface area contributed by atoms with Crippen LogP contribution in [-0.2, 0) is 0 Å². The molecule has 0 spiro atoms. The van der Waals surface area contributed by atoms with Gasteiger partial charge in [0.05, 0.1) is 0 Å². The summed E-state index contributed by atoms with van der Waals surface area (Å²) in [6.45, 7) is 0. The van der Waals surface area contributed by atoms with Gasteiger partial charge >= 0.3 is 77.6 Å². The molecule has 12 heavy (non-hydrogen) atoms. The second-order valence-electron chi connectivity index (χ2n) is 1.98. The molecule has 0 saturated heterocycles. The minimum atomic E-state index is -2.11. The van der Waals surface area contributed by atoms with Crippen molar-refractivity contribution in [2.45, 2.75) is 0 Å². The fraction of sp³-hybridized carbons (Fsp3) is 0. The summed E-state index contributed by atoms with van der Waals surface area (Å²) < 4.78 is 61.0. The van der Waals surface area contributed by atoms with Gasteiger partial charge in [0.25, 0.3) is 0 Å². The molecule has 0 N–H and O–H groups in total. The normalized spacial score (nSPS) is 10.5. The molecule has 1 aromatic carbocycles. The van der Waals surface area contributed by atoms with E-state index in [1.54, 1.807) is 0 Å². The Morgan fingerprint density at radius 3 is 1.17 bits per heavy atom. The van der Waals surface area contributed by atoms with Crippen LogP contribution < -0.4 is 3.51 Å². The fourth-order valence-electron chi connectivity index (χ4n) is 0.622. The molecule has 0 aliphatic carbocycles. The molecule has 6 heteroatoms. The van der Waals surface area contributed by atoms with E-state index in [2.05, 4.69) is 0 Å². The van der Waals surface area contributed by atoms with E-state index in [-0.39, 0.29) is 23.0 Å². The average Bonchev–Trinajstić information content (AvgIpc) is 2.08. The molecule has 66 valence electrons. The predicted octanol–water partition coefficient (Wildman–Crippen LogP) is 0.641. The molecule has 0 amide bonds. The van der Waals surface area contributed by atoms with Crippen molar-refractivity contribution in [2.75, 3.05) is 0 Å². The summed E-state index contributed by atoms with van der Waals surface area (Å²) in [5.74, 6) is -9.32. The number of hydrogen-bond donors (Lipinski definition) is 0. The van der Waals surface area contributed by atoms with Crippen LogP contribution in [0.25, 0.3) is 0 Å². The first-order valence-electron chi connectivity index (χ1n) is 2.73. The third-order valence-electron chi connectivity index (χ3n) is 1.24. The van der Waals surface area contributed by atoms with Crippen LogP contribution in [0.4, 0.5) is 22.0 Å². The van der Waals surface area contributed by atoms with E-state index in [0.29, 0.717) is 0 Å². The molecular formula is C6H2F5Sb. The summed E-state index contributed by atoms with van der Waals surface area (Å²) in [6.07, 6.45) is 0. The van der Waals surface area contributed by atoms with E-state index < -0.39 is 32.6 Å². The second kappa shape index (κ2) is 3.21. The standard InChI is InChI=1S/C6F5.Sb.2H/c7-2-1-3(8)5(10)6(11)4(2)9;;;. The third kappa shape index (κ3) is 1.30. The van der Waals surface area contributed by atoms with Gasteiger partial charge < -0.3 is 0 Å². The van der Waals surface area contributed by atoms with Gasteiger partial charge in [0.15, 0.2) is 0 Å². The Kier molecular flexibility index (Phi) is 2.61. The molecule has 0 heterocycles. The second-order valence-corrected chi connectivity index (χ2v) is 3.63. The minimum absolute atomic E-state index is 0.157. The van der Waals surface area contributed by atoms with Crippen molar-refractivity contribution in [3.8, 4) is 0 Å². The van der Waals surface area contributed by atoms with Gasteiger partial charge in [0.2, 0.25) is 0 Å². The van der Waals surface area contributed by atoms with Crippen molar-refractivity contribution < 1.29 is 22.0 Å². The van der Waals surface area contributed by atoms with Gasteiger partial charge in [-0.1, -0.05) is 0 Å². The molecule has 0 unspecified atom stereocenters. The first kappa shape index (κ1) is 9.77. The SMILES string of the molecule is Fc1c(F)c(F)[c]([SbH2])c(F)c1F. The molecular weight excluding hydrogens is 289 g/mol. The maximum atomic E-state index is 12.4. The van der Waals surface area contributed by atoms with Crippen LogP contribution in [0, 0.1) is 29.1 Å². The summed E-state index contributed by atoms with van der Waals surface area (Å²) in [4.78, 5) is 0. The van der Waals surface area contributed by atoms with E-state index in [1.807, 2.05) is 0 Å². The molecule has 0 aromatic heterocycles. The third-order valence-corrected chi connectivity index (χ3v) is 2.69. The van der Waals surface area contributed by atoms with Gasteiger partial charge in [0, 0.05) is 0 Å². The zero-order chi connectivity index (χ0) is 9.46. The molecule has 0 fully saturated rings. The Morgan fingerprint density at radius 1 is 0.583 bits per heavy atom. The van der Waals surface area contributed by atoms with Crippen molar-refractivity contribution in [3.63, 3.8) is 0 Å². The van der Waals surface area contributed by atoms with Gasteiger partial charge in [0.1, 0.15) is 0 Å². The van der Waals surface area contributed by atoms with E-state index in [4.69, 9.17) is 0 Å². The van der Waals surface area contributed by atoms with Crippen molar-refractivity contribution >= 4 is 26.5 Å². The topological polar surface area (TPSA) is 0 Å². The summed E-state index contributed by atoms with van der Waals surface area (Å²) in [5, 5.41) is 0. The molecule has 1 aromatic rings. The number of halogens is 5.